The van der Waals surface area contributed by atoms with Gasteiger partial charge in [-0.1, -0.05) is 12.1 Å². The largest absolute Gasteiger partial charge is 0.393 e. The lowest BCUT2D eigenvalue weighted by molar-refractivity contribution is -0.127. The van der Waals surface area contributed by atoms with Gasteiger partial charge >= 0.3 is 0 Å². The summed E-state index contributed by atoms with van der Waals surface area (Å²) >= 11 is 0. The highest BCUT2D eigenvalue weighted by molar-refractivity contribution is 6.11. The van der Waals surface area contributed by atoms with E-state index in [4.69, 9.17) is 4.74 Å². The molecule has 2 saturated heterocycles. The Morgan fingerprint density at radius 2 is 2.15 bits per heavy atom. The zero-order chi connectivity index (χ0) is 19.0. The van der Waals surface area contributed by atoms with Gasteiger partial charge in [-0.3, -0.25) is 19.4 Å². The molecule has 146 valence electrons. The molecular formula is C20H27N3O4. The Morgan fingerprint density at radius 1 is 1.33 bits per heavy atom. The van der Waals surface area contributed by atoms with Gasteiger partial charge in [-0.25, -0.2) is 0 Å². The fourth-order valence-corrected chi connectivity index (χ4v) is 4.67. The molecule has 0 aliphatic carbocycles. The van der Waals surface area contributed by atoms with Crippen LogP contribution in [0.25, 0.3) is 0 Å². The summed E-state index contributed by atoms with van der Waals surface area (Å²) in [5.74, 6) is -0.216. The number of anilines is 2. The van der Waals surface area contributed by atoms with E-state index in [0.717, 1.165) is 25.1 Å². The SMILES string of the molecule is CC(C(=O)N1CC(=O)Nc2ccccc21)N1CCCC1C1COCCC1O. The van der Waals surface area contributed by atoms with E-state index in [-0.39, 0.29) is 42.5 Å². The molecule has 3 heterocycles. The van der Waals surface area contributed by atoms with Crippen LogP contribution in [-0.4, -0.2) is 66.3 Å². The van der Waals surface area contributed by atoms with E-state index in [0.29, 0.717) is 25.3 Å². The Labute approximate surface area is 159 Å². The average Bonchev–Trinajstić information content (AvgIpc) is 3.16. The minimum atomic E-state index is -0.381. The van der Waals surface area contributed by atoms with Gasteiger partial charge < -0.3 is 15.2 Å². The number of carbonyl (C=O) groups is 2. The van der Waals surface area contributed by atoms with Gasteiger partial charge in [-0.2, -0.15) is 0 Å². The van der Waals surface area contributed by atoms with Crippen LogP contribution < -0.4 is 10.2 Å². The van der Waals surface area contributed by atoms with Gasteiger partial charge in [-0.15, -0.1) is 0 Å². The molecule has 1 aromatic carbocycles. The first kappa shape index (κ1) is 18.4. The molecule has 0 saturated carbocycles. The zero-order valence-electron chi connectivity index (χ0n) is 15.6. The topological polar surface area (TPSA) is 82.1 Å². The second kappa shape index (κ2) is 7.58. The minimum absolute atomic E-state index is 0.0356. The molecule has 4 atom stereocenters. The van der Waals surface area contributed by atoms with E-state index < -0.39 is 0 Å². The third kappa shape index (κ3) is 3.47. The Balaban J connectivity index is 1.54. The highest BCUT2D eigenvalue weighted by atomic mass is 16.5. The molecule has 0 bridgehead atoms. The van der Waals surface area contributed by atoms with Crippen molar-refractivity contribution in [1.82, 2.24) is 4.90 Å². The van der Waals surface area contributed by atoms with Gasteiger partial charge in [0.1, 0.15) is 6.54 Å². The number of carbonyl (C=O) groups excluding carboxylic acids is 2. The average molecular weight is 373 g/mol. The van der Waals surface area contributed by atoms with E-state index in [2.05, 4.69) is 10.2 Å². The number of hydrogen-bond acceptors (Lipinski definition) is 5. The van der Waals surface area contributed by atoms with Crippen molar-refractivity contribution < 1.29 is 19.4 Å². The van der Waals surface area contributed by atoms with Crippen molar-refractivity contribution in [2.75, 3.05) is 36.5 Å². The molecule has 4 unspecified atom stereocenters. The molecule has 0 radical (unpaired) electrons. The predicted molar refractivity (Wildman–Crippen MR) is 102 cm³/mol. The number of benzene rings is 1. The van der Waals surface area contributed by atoms with Crippen molar-refractivity contribution in [1.29, 1.82) is 0 Å². The number of nitrogens with one attached hydrogen (secondary N) is 1. The van der Waals surface area contributed by atoms with Crippen molar-refractivity contribution in [2.45, 2.75) is 44.4 Å². The van der Waals surface area contributed by atoms with Crippen LogP contribution in [0.2, 0.25) is 0 Å². The number of aliphatic hydroxyl groups is 1. The number of rotatable bonds is 3. The Morgan fingerprint density at radius 3 is 2.96 bits per heavy atom. The lowest BCUT2D eigenvalue weighted by Gasteiger charge is -2.40. The third-order valence-corrected chi connectivity index (χ3v) is 6.09. The summed E-state index contributed by atoms with van der Waals surface area (Å²) in [7, 11) is 0. The maximum Gasteiger partial charge on any atom is 0.244 e. The number of nitrogens with zero attached hydrogens (tertiary/aromatic N) is 2. The molecule has 0 aromatic heterocycles. The molecule has 27 heavy (non-hydrogen) atoms. The molecule has 3 aliphatic rings. The Kier molecular flexibility index (Phi) is 5.16. The number of amides is 2. The number of hydrogen-bond donors (Lipinski definition) is 2. The smallest absolute Gasteiger partial charge is 0.244 e. The first-order chi connectivity index (χ1) is 13.1. The molecule has 1 aromatic rings. The number of aliphatic hydroxyl groups excluding tert-OH is 1. The van der Waals surface area contributed by atoms with Crippen LogP contribution in [0.4, 0.5) is 11.4 Å². The van der Waals surface area contributed by atoms with Crippen LogP contribution in [0, 0.1) is 5.92 Å². The number of para-hydroxylation sites is 2. The number of ether oxygens (including phenoxy) is 1. The summed E-state index contributed by atoms with van der Waals surface area (Å²) in [4.78, 5) is 29.2. The van der Waals surface area contributed by atoms with E-state index in [1.807, 2.05) is 31.2 Å². The number of fused-ring (bicyclic) bond motifs is 1. The van der Waals surface area contributed by atoms with Crippen molar-refractivity contribution in [2.24, 2.45) is 5.92 Å². The first-order valence-corrected chi connectivity index (χ1v) is 9.78. The van der Waals surface area contributed by atoms with Gasteiger partial charge in [0.25, 0.3) is 0 Å². The van der Waals surface area contributed by atoms with Gasteiger partial charge in [0, 0.05) is 18.6 Å². The maximum absolute atomic E-state index is 13.3. The second-order valence-electron chi connectivity index (χ2n) is 7.71. The number of likely N-dealkylation sites (tertiary alicyclic amines) is 1. The molecular weight excluding hydrogens is 346 g/mol. The summed E-state index contributed by atoms with van der Waals surface area (Å²) < 4.78 is 5.60. The Hall–Kier alpha value is -1.96. The van der Waals surface area contributed by atoms with Crippen LogP contribution in [0.3, 0.4) is 0 Å². The maximum atomic E-state index is 13.3. The quantitative estimate of drug-likeness (QED) is 0.833. The summed E-state index contributed by atoms with van der Waals surface area (Å²) in [6, 6.07) is 7.16. The molecule has 4 rings (SSSR count). The summed E-state index contributed by atoms with van der Waals surface area (Å²) in [6.07, 6.45) is 2.23. The zero-order valence-corrected chi connectivity index (χ0v) is 15.6. The van der Waals surface area contributed by atoms with Gasteiger partial charge in [0.15, 0.2) is 0 Å². The summed E-state index contributed by atoms with van der Waals surface area (Å²) in [6.45, 7) is 3.90. The molecule has 7 nitrogen and oxygen atoms in total. The minimum Gasteiger partial charge on any atom is -0.393 e. The predicted octanol–water partition coefficient (Wildman–Crippen LogP) is 1.22. The summed E-state index contributed by atoms with van der Waals surface area (Å²) in [5, 5.41) is 13.2. The van der Waals surface area contributed by atoms with E-state index in [1.165, 1.54) is 0 Å². The van der Waals surface area contributed by atoms with Crippen LogP contribution in [-0.2, 0) is 14.3 Å². The van der Waals surface area contributed by atoms with Gasteiger partial charge in [-0.05, 0) is 44.9 Å². The Bertz CT molecular complexity index is 725. The van der Waals surface area contributed by atoms with Crippen molar-refractivity contribution in [3.05, 3.63) is 24.3 Å². The first-order valence-electron chi connectivity index (χ1n) is 9.78. The van der Waals surface area contributed by atoms with Gasteiger partial charge in [0.05, 0.1) is 30.1 Å². The van der Waals surface area contributed by atoms with Gasteiger partial charge in [0.2, 0.25) is 11.8 Å². The molecule has 3 aliphatic heterocycles. The van der Waals surface area contributed by atoms with E-state index in [1.54, 1.807) is 4.90 Å². The molecule has 7 heteroatoms. The van der Waals surface area contributed by atoms with Crippen molar-refractivity contribution >= 4 is 23.2 Å². The summed E-state index contributed by atoms with van der Waals surface area (Å²) in [5.41, 5.74) is 1.41. The molecule has 2 N–H and O–H groups in total. The normalized spacial score (nSPS) is 29.9. The highest BCUT2D eigenvalue weighted by Crippen LogP contribution is 2.34. The standard InChI is InChI=1S/C20H27N3O4/c1-13(22-9-4-7-16(22)14-12-27-10-8-18(14)24)20(26)23-11-19(25)21-15-5-2-3-6-17(15)23/h2-3,5-6,13-14,16,18,24H,4,7-12H2,1H3,(H,21,25). The molecule has 0 spiro atoms. The second-order valence-corrected chi connectivity index (χ2v) is 7.71. The lowest BCUT2D eigenvalue weighted by Crippen LogP contribution is -2.55. The monoisotopic (exact) mass is 373 g/mol. The van der Waals surface area contributed by atoms with Crippen molar-refractivity contribution in [3.63, 3.8) is 0 Å². The third-order valence-electron chi connectivity index (χ3n) is 6.09. The van der Waals surface area contributed by atoms with Crippen molar-refractivity contribution in [3.8, 4) is 0 Å². The highest BCUT2D eigenvalue weighted by Gasteiger charge is 2.42. The van der Waals surface area contributed by atoms with E-state index >= 15 is 0 Å². The fourth-order valence-electron chi connectivity index (χ4n) is 4.67. The lowest BCUT2D eigenvalue weighted by atomic mass is 9.89. The van der Waals surface area contributed by atoms with Crippen LogP contribution in [0.5, 0.6) is 0 Å². The van der Waals surface area contributed by atoms with Crippen LogP contribution >= 0.6 is 0 Å². The van der Waals surface area contributed by atoms with E-state index in [9.17, 15) is 14.7 Å². The van der Waals surface area contributed by atoms with Crippen LogP contribution in [0.15, 0.2) is 24.3 Å². The fraction of sp³-hybridized carbons (Fsp3) is 0.600. The molecule has 2 amide bonds. The molecule has 2 fully saturated rings. The van der Waals surface area contributed by atoms with Crippen LogP contribution in [0.1, 0.15) is 26.2 Å².